The number of anilines is 1. The Morgan fingerprint density at radius 2 is 2.15 bits per heavy atom. The Kier molecular flexibility index (Phi) is 4.43. The van der Waals surface area contributed by atoms with Gasteiger partial charge in [0, 0.05) is 12.4 Å². The summed E-state index contributed by atoms with van der Waals surface area (Å²) in [7, 11) is -3.99. The number of benzene rings is 1. The summed E-state index contributed by atoms with van der Waals surface area (Å²) in [6.07, 6.45) is 3.07. The fourth-order valence-electron chi connectivity index (χ4n) is 2.49. The lowest BCUT2D eigenvalue weighted by molar-refractivity contribution is 0.132. The van der Waals surface area contributed by atoms with E-state index < -0.39 is 28.0 Å². The predicted octanol–water partition coefficient (Wildman–Crippen LogP) is 2.12. The van der Waals surface area contributed by atoms with Crippen molar-refractivity contribution in [2.75, 3.05) is 4.72 Å². The lowest BCUT2D eigenvalue weighted by atomic mass is 10.1. The molecule has 0 aliphatic heterocycles. The number of hydrogen-bond acceptors (Lipinski definition) is 5. The van der Waals surface area contributed by atoms with Gasteiger partial charge in [-0.25, -0.2) is 12.8 Å². The van der Waals surface area contributed by atoms with Gasteiger partial charge in [-0.1, -0.05) is 0 Å². The number of aromatic nitrogens is 3. The van der Waals surface area contributed by atoms with Gasteiger partial charge >= 0.3 is 0 Å². The summed E-state index contributed by atoms with van der Waals surface area (Å²) in [5.41, 5.74) is 0.367. The van der Waals surface area contributed by atoms with Gasteiger partial charge in [0.05, 0.1) is 40.5 Å². The summed E-state index contributed by atoms with van der Waals surface area (Å²) in [4.78, 5) is 2.62. The highest BCUT2D eigenvalue weighted by Gasteiger charge is 2.22. The summed E-state index contributed by atoms with van der Waals surface area (Å²) in [6.45, 7) is 3.28. The van der Waals surface area contributed by atoms with Crippen molar-refractivity contribution < 1.29 is 17.9 Å². The lowest BCUT2D eigenvalue weighted by Gasteiger charge is -2.14. The van der Waals surface area contributed by atoms with E-state index in [1.54, 1.807) is 13.8 Å². The molecule has 8 nitrogen and oxygen atoms in total. The lowest BCUT2D eigenvalue weighted by Crippen LogP contribution is -2.18. The number of nitriles is 1. The van der Waals surface area contributed by atoms with E-state index in [9.17, 15) is 17.9 Å². The van der Waals surface area contributed by atoms with Gasteiger partial charge in [0.25, 0.3) is 10.0 Å². The minimum Gasteiger partial charge on any atom is -0.391 e. The van der Waals surface area contributed by atoms with Crippen molar-refractivity contribution in [3.63, 3.8) is 0 Å². The molecular weight excluding hydrogens is 361 g/mol. The van der Waals surface area contributed by atoms with E-state index >= 15 is 0 Å². The SMILES string of the molecule is C[C@H]([C@@H](C)O)n1cc(S(=O)(=O)Nc2ccc(F)c3c(C#N)c[nH]c23)cn1. The molecule has 0 aliphatic rings. The molecule has 0 radical (unpaired) electrons. The number of nitrogens with zero attached hydrogens (tertiary/aromatic N) is 3. The Hall–Kier alpha value is -2.90. The summed E-state index contributed by atoms with van der Waals surface area (Å²) < 4.78 is 42.9. The molecule has 26 heavy (non-hydrogen) atoms. The highest BCUT2D eigenvalue weighted by Crippen LogP contribution is 2.29. The van der Waals surface area contributed by atoms with E-state index in [0.717, 1.165) is 12.3 Å². The summed E-state index contributed by atoms with van der Waals surface area (Å²) in [5, 5.41) is 22.6. The van der Waals surface area contributed by atoms with Crippen LogP contribution in [0.2, 0.25) is 0 Å². The third-order valence-corrected chi connectivity index (χ3v) is 5.47. The van der Waals surface area contributed by atoms with E-state index in [0.29, 0.717) is 0 Å². The minimum atomic E-state index is -3.99. The Morgan fingerprint density at radius 3 is 2.81 bits per heavy atom. The number of hydrogen-bond donors (Lipinski definition) is 3. The predicted molar refractivity (Wildman–Crippen MR) is 92.4 cm³/mol. The summed E-state index contributed by atoms with van der Waals surface area (Å²) in [6, 6.07) is 3.81. The smallest absolute Gasteiger partial charge is 0.265 e. The van der Waals surface area contributed by atoms with Gasteiger partial charge in [-0.3, -0.25) is 9.40 Å². The van der Waals surface area contributed by atoms with Crippen LogP contribution in [0.15, 0.2) is 35.6 Å². The zero-order chi connectivity index (χ0) is 19.1. The largest absolute Gasteiger partial charge is 0.391 e. The van der Waals surface area contributed by atoms with Crippen LogP contribution in [-0.2, 0) is 10.0 Å². The first-order chi connectivity index (χ1) is 12.2. The summed E-state index contributed by atoms with van der Waals surface area (Å²) in [5.74, 6) is -0.626. The molecule has 2 atom stereocenters. The molecule has 0 bridgehead atoms. The topological polar surface area (TPSA) is 124 Å². The molecule has 0 fully saturated rings. The molecule has 0 amide bonds. The number of rotatable bonds is 5. The van der Waals surface area contributed by atoms with Crippen LogP contribution in [-0.4, -0.2) is 34.4 Å². The van der Waals surface area contributed by atoms with Gasteiger partial charge in [0.2, 0.25) is 0 Å². The van der Waals surface area contributed by atoms with Crippen molar-refractivity contribution in [2.45, 2.75) is 30.9 Å². The third kappa shape index (κ3) is 3.02. The fraction of sp³-hybridized carbons (Fsp3) is 0.250. The highest BCUT2D eigenvalue weighted by atomic mass is 32.2. The third-order valence-electron chi connectivity index (χ3n) is 4.15. The van der Waals surface area contributed by atoms with Gasteiger partial charge in [0.15, 0.2) is 0 Å². The van der Waals surface area contributed by atoms with Crippen LogP contribution >= 0.6 is 0 Å². The number of fused-ring (bicyclic) bond motifs is 1. The van der Waals surface area contributed by atoms with E-state index in [4.69, 9.17) is 5.26 Å². The first kappa shape index (κ1) is 17.9. The maximum absolute atomic E-state index is 14.0. The molecule has 136 valence electrons. The average molecular weight is 377 g/mol. The molecule has 3 rings (SSSR count). The Balaban J connectivity index is 1.99. The molecule has 1 aromatic carbocycles. The molecule has 0 saturated heterocycles. The number of nitrogens with one attached hydrogen (secondary N) is 2. The van der Waals surface area contributed by atoms with E-state index in [2.05, 4.69) is 14.8 Å². The second-order valence-electron chi connectivity index (χ2n) is 5.90. The molecule has 3 N–H and O–H groups in total. The minimum absolute atomic E-state index is 0.0196. The van der Waals surface area contributed by atoms with Crippen LogP contribution < -0.4 is 4.72 Å². The number of aliphatic hydroxyl groups is 1. The molecule has 0 spiro atoms. The second kappa shape index (κ2) is 6.44. The molecule has 0 aliphatic carbocycles. The summed E-state index contributed by atoms with van der Waals surface area (Å²) >= 11 is 0. The molecule has 2 heterocycles. The molecule has 10 heteroatoms. The first-order valence-corrected chi connectivity index (χ1v) is 9.17. The number of aliphatic hydroxyl groups excluding tert-OH is 1. The van der Waals surface area contributed by atoms with Crippen LogP contribution in [0.25, 0.3) is 10.9 Å². The zero-order valence-corrected chi connectivity index (χ0v) is 14.7. The van der Waals surface area contributed by atoms with Gasteiger partial charge in [0.1, 0.15) is 16.8 Å². The standard InChI is InChI=1S/C16H16FN5O3S/c1-9(10(2)23)22-8-12(7-20-22)26(24,25)21-14-4-3-13(17)15-11(5-18)6-19-16(14)15/h3-4,6-10,19,21,23H,1-2H3/t9-,10-/m1/s1. The van der Waals surface area contributed by atoms with Crippen LogP contribution in [0.5, 0.6) is 0 Å². The van der Waals surface area contributed by atoms with Crippen LogP contribution in [0.3, 0.4) is 0 Å². The van der Waals surface area contributed by atoms with Crippen LogP contribution in [0, 0.1) is 17.1 Å². The number of aromatic amines is 1. The van der Waals surface area contributed by atoms with Crippen molar-refractivity contribution >= 4 is 26.6 Å². The van der Waals surface area contributed by atoms with Gasteiger partial charge in [-0.2, -0.15) is 10.4 Å². The quantitative estimate of drug-likeness (QED) is 0.628. The maximum Gasteiger partial charge on any atom is 0.265 e. The Morgan fingerprint density at radius 1 is 1.42 bits per heavy atom. The fourth-order valence-corrected chi connectivity index (χ4v) is 3.50. The molecule has 0 unspecified atom stereocenters. The Labute approximate surface area is 148 Å². The van der Waals surface area contributed by atoms with Gasteiger partial charge in [-0.15, -0.1) is 0 Å². The second-order valence-corrected chi connectivity index (χ2v) is 7.58. The van der Waals surface area contributed by atoms with E-state index in [1.165, 1.54) is 23.1 Å². The zero-order valence-electron chi connectivity index (χ0n) is 13.9. The van der Waals surface area contributed by atoms with Crippen molar-refractivity contribution in [2.24, 2.45) is 0 Å². The number of H-pyrrole nitrogens is 1. The highest BCUT2D eigenvalue weighted by molar-refractivity contribution is 7.92. The first-order valence-electron chi connectivity index (χ1n) is 7.69. The van der Waals surface area contributed by atoms with Crippen LogP contribution in [0.1, 0.15) is 25.5 Å². The van der Waals surface area contributed by atoms with Crippen molar-refractivity contribution in [1.29, 1.82) is 5.26 Å². The Bertz CT molecular complexity index is 1110. The number of halogens is 1. The van der Waals surface area contributed by atoms with Gasteiger partial charge in [-0.05, 0) is 26.0 Å². The van der Waals surface area contributed by atoms with Crippen molar-refractivity contribution in [1.82, 2.24) is 14.8 Å². The molecule has 3 aromatic rings. The van der Waals surface area contributed by atoms with Crippen LogP contribution in [0.4, 0.5) is 10.1 Å². The maximum atomic E-state index is 14.0. The number of sulfonamides is 1. The van der Waals surface area contributed by atoms with Crippen molar-refractivity contribution in [3.8, 4) is 6.07 Å². The monoisotopic (exact) mass is 377 g/mol. The van der Waals surface area contributed by atoms with E-state index in [1.807, 2.05) is 6.07 Å². The molecule has 2 aromatic heterocycles. The average Bonchev–Trinajstić information content (AvgIpc) is 3.24. The molecular formula is C16H16FN5O3S. The van der Waals surface area contributed by atoms with E-state index in [-0.39, 0.29) is 27.0 Å². The van der Waals surface area contributed by atoms with Gasteiger partial charge < -0.3 is 10.1 Å². The normalized spacial score (nSPS) is 14.1. The van der Waals surface area contributed by atoms with Crippen molar-refractivity contribution in [3.05, 3.63) is 42.1 Å². The molecule has 0 saturated carbocycles.